The van der Waals surface area contributed by atoms with Crippen LogP contribution >= 0.6 is 0 Å². The predicted octanol–water partition coefficient (Wildman–Crippen LogP) is 1.33. The zero-order valence-corrected chi connectivity index (χ0v) is 11.0. The fourth-order valence-corrected chi connectivity index (χ4v) is 2.53. The van der Waals surface area contributed by atoms with Gasteiger partial charge in [-0.2, -0.15) is 0 Å². The van der Waals surface area contributed by atoms with E-state index in [1.165, 1.54) is 11.5 Å². The third kappa shape index (κ3) is 2.67. The predicted molar refractivity (Wildman–Crippen MR) is 68.4 cm³/mol. The second-order valence-electron chi connectivity index (χ2n) is 4.11. The lowest BCUT2D eigenvalue weighted by molar-refractivity contribution is 0.589. The monoisotopic (exact) mass is 289 g/mol. The van der Waals surface area contributed by atoms with E-state index in [2.05, 4.69) is 4.98 Å². The summed E-state index contributed by atoms with van der Waals surface area (Å²) in [4.78, 5) is 3.78. The van der Waals surface area contributed by atoms with Crippen molar-refractivity contribution in [2.24, 2.45) is 0 Å². The minimum Gasteiger partial charge on any atom is -0.369 e. The van der Waals surface area contributed by atoms with Crippen molar-refractivity contribution in [1.29, 1.82) is 0 Å². The normalized spacial score (nSPS) is 12.2. The van der Waals surface area contributed by atoms with Crippen LogP contribution in [0.5, 0.6) is 0 Å². The Labute approximate surface area is 109 Å². The number of hydrogen-bond acceptors (Lipinski definition) is 4. The molecule has 0 saturated carbocycles. The summed E-state index contributed by atoms with van der Waals surface area (Å²) in [5.41, 5.74) is 5.70. The van der Waals surface area contributed by atoms with E-state index in [0.29, 0.717) is 6.07 Å². The lowest BCUT2D eigenvalue weighted by Gasteiger charge is -2.06. The van der Waals surface area contributed by atoms with Crippen molar-refractivity contribution < 1.29 is 17.2 Å². The highest BCUT2D eigenvalue weighted by atomic mass is 32.2. The van der Waals surface area contributed by atoms with Crippen molar-refractivity contribution in [2.45, 2.75) is 13.5 Å². The Morgan fingerprint density at radius 3 is 2.68 bits per heavy atom. The quantitative estimate of drug-likeness (QED) is 0.921. The number of fused-ring (bicyclic) bond motifs is 1. The Balaban J connectivity index is 2.46. The van der Waals surface area contributed by atoms with E-state index in [0.717, 1.165) is 6.07 Å². The van der Waals surface area contributed by atoms with Crippen molar-refractivity contribution >= 4 is 26.8 Å². The molecule has 0 aliphatic carbocycles. The SMILES string of the molecule is CCS(=O)(=O)CCn1c(N)nc2c(F)cc(F)cc21. The van der Waals surface area contributed by atoms with E-state index in [9.17, 15) is 17.2 Å². The molecule has 2 aromatic rings. The number of aryl methyl sites for hydroxylation is 1. The topological polar surface area (TPSA) is 78.0 Å². The minimum atomic E-state index is -3.19. The van der Waals surface area contributed by atoms with E-state index < -0.39 is 21.5 Å². The van der Waals surface area contributed by atoms with Gasteiger partial charge in [0.05, 0.1) is 11.3 Å². The number of sulfone groups is 1. The smallest absolute Gasteiger partial charge is 0.201 e. The molecule has 2 N–H and O–H groups in total. The number of benzene rings is 1. The molecule has 0 amide bonds. The third-order valence-electron chi connectivity index (χ3n) is 2.87. The molecule has 0 fully saturated rings. The Hall–Kier alpha value is -1.70. The summed E-state index contributed by atoms with van der Waals surface area (Å²) in [5, 5.41) is 0. The van der Waals surface area contributed by atoms with Crippen molar-refractivity contribution in [1.82, 2.24) is 9.55 Å². The van der Waals surface area contributed by atoms with Gasteiger partial charge in [-0.1, -0.05) is 6.92 Å². The van der Waals surface area contributed by atoms with Crippen LogP contribution in [-0.4, -0.2) is 29.5 Å². The maximum Gasteiger partial charge on any atom is 0.201 e. The highest BCUT2D eigenvalue weighted by molar-refractivity contribution is 7.91. The van der Waals surface area contributed by atoms with E-state index >= 15 is 0 Å². The molecule has 8 heteroatoms. The molecule has 1 heterocycles. The van der Waals surface area contributed by atoms with Gasteiger partial charge in [-0.3, -0.25) is 0 Å². The lowest BCUT2D eigenvalue weighted by atomic mass is 10.3. The number of hydrogen-bond donors (Lipinski definition) is 1. The summed E-state index contributed by atoms with van der Waals surface area (Å²) < 4.78 is 50.9. The van der Waals surface area contributed by atoms with Gasteiger partial charge in [0.25, 0.3) is 0 Å². The van der Waals surface area contributed by atoms with Crippen LogP contribution in [0.25, 0.3) is 11.0 Å². The largest absolute Gasteiger partial charge is 0.369 e. The molecule has 0 aliphatic rings. The average Bonchev–Trinajstić information content (AvgIpc) is 2.64. The highest BCUT2D eigenvalue weighted by Gasteiger charge is 2.16. The molecule has 104 valence electrons. The summed E-state index contributed by atoms with van der Waals surface area (Å²) in [6.07, 6.45) is 0. The van der Waals surface area contributed by atoms with Crippen molar-refractivity contribution in [3.63, 3.8) is 0 Å². The Morgan fingerprint density at radius 2 is 2.05 bits per heavy atom. The zero-order valence-electron chi connectivity index (χ0n) is 10.2. The first-order valence-electron chi connectivity index (χ1n) is 5.65. The van der Waals surface area contributed by atoms with Gasteiger partial charge in [0.1, 0.15) is 11.3 Å². The Morgan fingerprint density at radius 1 is 1.37 bits per heavy atom. The number of anilines is 1. The average molecular weight is 289 g/mol. The van der Waals surface area contributed by atoms with Crippen LogP contribution in [0.1, 0.15) is 6.92 Å². The molecule has 0 spiro atoms. The number of nitrogens with zero attached hydrogens (tertiary/aromatic N) is 2. The summed E-state index contributed by atoms with van der Waals surface area (Å²) in [6.45, 7) is 1.55. The van der Waals surface area contributed by atoms with Gasteiger partial charge in [-0.25, -0.2) is 22.2 Å². The molecule has 2 rings (SSSR count). The van der Waals surface area contributed by atoms with Crippen LogP contribution in [0.4, 0.5) is 14.7 Å². The van der Waals surface area contributed by atoms with Crippen molar-refractivity contribution in [3.05, 3.63) is 23.8 Å². The summed E-state index contributed by atoms with van der Waals surface area (Å²) in [6, 6.07) is 1.79. The van der Waals surface area contributed by atoms with Gasteiger partial charge in [0.15, 0.2) is 15.7 Å². The molecular formula is C11H13F2N3O2S. The maximum absolute atomic E-state index is 13.5. The van der Waals surface area contributed by atoms with Crippen LogP contribution in [0.15, 0.2) is 12.1 Å². The van der Waals surface area contributed by atoms with Crippen LogP contribution < -0.4 is 5.73 Å². The molecule has 1 aromatic heterocycles. The molecule has 0 saturated heterocycles. The second kappa shape index (κ2) is 4.76. The molecule has 5 nitrogen and oxygen atoms in total. The van der Waals surface area contributed by atoms with Gasteiger partial charge >= 0.3 is 0 Å². The second-order valence-corrected chi connectivity index (χ2v) is 6.59. The molecule has 0 unspecified atom stereocenters. The van der Waals surface area contributed by atoms with E-state index in [1.807, 2.05) is 0 Å². The fraction of sp³-hybridized carbons (Fsp3) is 0.364. The Kier molecular flexibility index (Phi) is 3.44. The molecule has 1 aromatic carbocycles. The number of halogens is 2. The van der Waals surface area contributed by atoms with E-state index in [-0.39, 0.29) is 35.0 Å². The minimum absolute atomic E-state index is 0.00224. The van der Waals surface area contributed by atoms with Crippen LogP contribution in [0.3, 0.4) is 0 Å². The maximum atomic E-state index is 13.5. The van der Waals surface area contributed by atoms with Gasteiger partial charge in [0, 0.05) is 24.4 Å². The van der Waals surface area contributed by atoms with Gasteiger partial charge in [0.2, 0.25) is 5.95 Å². The van der Waals surface area contributed by atoms with Crippen molar-refractivity contribution in [3.8, 4) is 0 Å². The molecule has 0 atom stereocenters. The number of nitrogen functional groups attached to an aromatic ring is 1. The van der Waals surface area contributed by atoms with Crippen molar-refractivity contribution in [2.75, 3.05) is 17.2 Å². The summed E-state index contributed by atoms with van der Waals surface area (Å²) >= 11 is 0. The number of nitrogens with two attached hydrogens (primary N) is 1. The first kappa shape index (κ1) is 13.7. The first-order valence-corrected chi connectivity index (χ1v) is 7.47. The lowest BCUT2D eigenvalue weighted by Crippen LogP contribution is -2.15. The third-order valence-corrected chi connectivity index (χ3v) is 4.55. The summed E-state index contributed by atoms with van der Waals surface area (Å²) in [5.74, 6) is -1.77. The first-order chi connectivity index (χ1) is 8.84. The van der Waals surface area contributed by atoms with Crippen LogP contribution in [-0.2, 0) is 16.4 Å². The molecule has 0 radical (unpaired) electrons. The number of aromatic nitrogens is 2. The van der Waals surface area contributed by atoms with Gasteiger partial charge < -0.3 is 10.3 Å². The standard InChI is InChI=1S/C11H13F2N3O2S/c1-2-19(17,18)4-3-16-9-6-7(12)5-8(13)10(9)15-11(16)14/h5-6H,2-4H2,1H3,(H2,14,15). The van der Waals surface area contributed by atoms with E-state index in [4.69, 9.17) is 5.73 Å². The zero-order chi connectivity index (χ0) is 14.2. The van der Waals surface area contributed by atoms with Crippen LogP contribution in [0.2, 0.25) is 0 Å². The molecule has 0 aliphatic heterocycles. The fourth-order valence-electron chi connectivity index (χ4n) is 1.78. The number of imidazole rings is 1. The summed E-state index contributed by atoms with van der Waals surface area (Å²) in [7, 11) is -3.19. The van der Waals surface area contributed by atoms with Gasteiger partial charge in [-0.05, 0) is 0 Å². The molecule has 19 heavy (non-hydrogen) atoms. The van der Waals surface area contributed by atoms with E-state index in [1.54, 1.807) is 0 Å². The molecular weight excluding hydrogens is 276 g/mol. The molecule has 0 bridgehead atoms. The Bertz CT molecular complexity index is 725. The van der Waals surface area contributed by atoms with Crippen LogP contribution in [0, 0.1) is 11.6 Å². The van der Waals surface area contributed by atoms with Gasteiger partial charge in [-0.15, -0.1) is 0 Å². The number of rotatable bonds is 4. The highest BCUT2D eigenvalue weighted by Crippen LogP contribution is 2.22.